The zero-order chi connectivity index (χ0) is 6.69. The molecule has 1 saturated heterocycles. The van der Waals surface area contributed by atoms with Crippen molar-refractivity contribution in [3.63, 3.8) is 0 Å². The summed E-state index contributed by atoms with van der Waals surface area (Å²) in [7, 11) is 0. The van der Waals surface area contributed by atoms with Crippen LogP contribution in [-0.2, 0) is 9.53 Å². The molecule has 0 aromatic rings. The van der Waals surface area contributed by atoms with Gasteiger partial charge in [0, 0.05) is 13.5 Å². The minimum absolute atomic E-state index is 0.127. The van der Waals surface area contributed by atoms with Crippen LogP contribution in [0.25, 0.3) is 0 Å². The standard InChI is InChI=1S/C6H11NO2/c1-5(8)9-6-2-3-7-4-6/h6-7H,2-4H2,1H3. The van der Waals surface area contributed by atoms with Crippen LogP contribution < -0.4 is 5.32 Å². The summed E-state index contributed by atoms with van der Waals surface area (Å²) in [6.07, 6.45) is 1.09. The minimum Gasteiger partial charge on any atom is -0.461 e. The lowest BCUT2D eigenvalue weighted by atomic mass is 10.3. The summed E-state index contributed by atoms with van der Waals surface area (Å²) in [6.45, 7) is 3.23. The van der Waals surface area contributed by atoms with Gasteiger partial charge in [-0.05, 0) is 13.0 Å². The van der Waals surface area contributed by atoms with E-state index in [2.05, 4.69) is 5.32 Å². The highest BCUT2D eigenvalue weighted by molar-refractivity contribution is 5.66. The van der Waals surface area contributed by atoms with Crippen molar-refractivity contribution in [2.75, 3.05) is 13.1 Å². The quantitative estimate of drug-likeness (QED) is 0.503. The third kappa shape index (κ3) is 2.01. The molecule has 0 aliphatic carbocycles. The number of rotatable bonds is 1. The van der Waals surface area contributed by atoms with Crippen molar-refractivity contribution in [3.8, 4) is 0 Å². The van der Waals surface area contributed by atoms with Gasteiger partial charge in [-0.25, -0.2) is 0 Å². The van der Waals surface area contributed by atoms with Crippen LogP contribution >= 0.6 is 0 Å². The lowest BCUT2D eigenvalue weighted by Crippen LogP contribution is -2.18. The van der Waals surface area contributed by atoms with E-state index in [9.17, 15) is 4.79 Å². The molecule has 1 atom stereocenters. The third-order valence-electron chi connectivity index (χ3n) is 1.35. The van der Waals surface area contributed by atoms with Crippen LogP contribution in [0.3, 0.4) is 0 Å². The zero-order valence-corrected chi connectivity index (χ0v) is 5.52. The lowest BCUT2D eigenvalue weighted by molar-refractivity contribution is -0.145. The first-order valence-corrected chi connectivity index (χ1v) is 3.17. The van der Waals surface area contributed by atoms with Gasteiger partial charge in [0.15, 0.2) is 0 Å². The van der Waals surface area contributed by atoms with Crippen molar-refractivity contribution in [3.05, 3.63) is 0 Å². The average Bonchev–Trinajstić information content (AvgIpc) is 2.15. The summed E-state index contributed by atoms with van der Waals surface area (Å²) in [5.41, 5.74) is 0. The molecule has 1 aliphatic rings. The van der Waals surface area contributed by atoms with Crippen molar-refractivity contribution in [2.45, 2.75) is 19.4 Å². The molecule has 0 aromatic heterocycles. The predicted octanol–water partition coefficient (Wildman–Crippen LogP) is -0.0886. The number of esters is 1. The average molecular weight is 129 g/mol. The summed E-state index contributed by atoms with van der Waals surface area (Å²) in [6, 6.07) is 0. The maximum Gasteiger partial charge on any atom is 0.302 e. The van der Waals surface area contributed by atoms with E-state index in [4.69, 9.17) is 4.74 Å². The SMILES string of the molecule is CC(=O)OC1CCNC1. The number of carbonyl (C=O) groups excluding carboxylic acids is 1. The van der Waals surface area contributed by atoms with Crippen molar-refractivity contribution in [1.82, 2.24) is 5.32 Å². The van der Waals surface area contributed by atoms with E-state index in [0.717, 1.165) is 19.5 Å². The Morgan fingerprint density at radius 3 is 3.00 bits per heavy atom. The molecule has 0 spiro atoms. The summed E-state index contributed by atoms with van der Waals surface area (Å²) in [4.78, 5) is 10.3. The number of nitrogens with one attached hydrogen (secondary N) is 1. The van der Waals surface area contributed by atoms with Gasteiger partial charge in [0.25, 0.3) is 0 Å². The van der Waals surface area contributed by atoms with Crippen LogP contribution in [0.5, 0.6) is 0 Å². The van der Waals surface area contributed by atoms with Crippen LogP contribution in [0.1, 0.15) is 13.3 Å². The molecular formula is C6H11NO2. The first-order valence-electron chi connectivity index (χ1n) is 3.17. The van der Waals surface area contributed by atoms with Gasteiger partial charge in [-0.15, -0.1) is 0 Å². The van der Waals surface area contributed by atoms with Crippen LogP contribution in [0.2, 0.25) is 0 Å². The molecular weight excluding hydrogens is 118 g/mol. The molecule has 0 bridgehead atoms. The Morgan fingerprint density at radius 2 is 2.56 bits per heavy atom. The van der Waals surface area contributed by atoms with Crippen LogP contribution in [0.4, 0.5) is 0 Å². The van der Waals surface area contributed by atoms with Crippen LogP contribution in [0, 0.1) is 0 Å². The third-order valence-corrected chi connectivity index (χ3v) is 1.35. The normalized spacial score (nSPS) is 26.1. The second-order valence-corrected chi connectivity index (χ2v) is 2.22. The van der Waals surface area contributed by atoms with Gasteiger partial charge in [-0.3, -0.25) is 4.79 Å². The van der Waals surface area contributed by atoms with Crippen LogP contribution in [-0.4, -0.2) is 25.2 Å². The van der Waals surface area contributed by atoms with Gasteiger partial charge in [0.2, 0.25) is 0 Å². The monoisotopic (exact) mass is 129 g/mol. The Bertz CT molecular complexity index is 108. The predicted molar refractivity (Wildman–Crippen MR) is 33.0 cm³/mol. The molecule has 1 N–H and O–H groups in total. The van der Waals surface area contributed by atoms with Crippen molar-refractivity contribution >= 4 is 5.97 Å². The van der Waals surface area contributed by atoms with E-state index >= 15 is 0 Å². The first kappa shape index (κ1) is 6.55. The topological polar surface area (TPSA) is 38.3 Å². The zero-order valence-electron chi connectivity index (χ0n) is 5.52. The highest BCUT2D eigenvalue weighted by Crippen LogP contribution is 2.02. The molecule has 1 aliphatic heterocycles. The van der Waals surface area contributed by atoms with Gasteiger partial charge < -0.3 is 10.1 Å². The Hall–Kier alpha value is -0.570. The lowest BCUT2D eigenvalue weighted by Gasteiger charge is -2.06. The van der Waals surface area contributed by atoms with E-state index in [1.165, 1.54) is 6.92 Å². The Labute approximate surface area is 54.4 Å². The van der Waals surface area contributed by atoms with E-state index < -0.39 is 0 Å². The molecule has 1 fully saturated rings. The van der Waals surface area contributed by atoms with E-state index in [0.29, 0.717) is 0 Å². The second kappa shape index (κ2) is 2.82. The molecule has 0 aromatic carbocycles. The number of carbonyl (C=O) groups is 1. The first-order chi connectivity index (χ1) is 4.29. The van der Waals surface area contributed by atoms with Gasteiger partial charge in [-0.2, -0.15) is 0 Å². The van der Waals surface area contributed by atoms with E-state index in [1.807, 2.05) is 0 Å². The van der Waals surface area contributed by atoms with Gasteiger partial charge in [0.05, 0.1) is 0 Å². The fraction of sp³-hybridized carbons (Fsp3) is 0.833. The number of ether oxygens (including phenoxy) is 1. The van der Waals surface area contributed by atoms with Crippen molar-refractivity contribution in [2.24, 2.45) is 0 Å². The van der Waals surface area contributed by atoms with Gasteiger partial charge in [0.1, 0.15) is 6.10 Å². The molecule has 0 amide bonds. The molecule has 3 heteroatoms. The minimum atomic E-state index is -0.177. The highest BCUT2D eigenvalue weighted by Gasteiger charge is 2.15. The Morgan fingerprint density at radius 1 is 1.78 bits per heavy atom. The van der Waals surface area contributed by atoms with Gasteiger partial charge >= 0.3 is 5.97 Å². The molecule has 0 radical (unpaired) electrons. The summed E-state index contributed by atoms with van der Waals surface area (Å²) < 4.78 is 4.91. The smallest absolute Gasteiger partial charge is 0.302 e. The van der Waals surface area contributed by atoms with Crippen molar-refractivity contribution < 1.29 is 9.53 Å². The number of hydrogen-bond acceptors (Lipinski definition) is 3. The van der Waals surface area contributed by atoms with E-state index in [1.54, 1.807) is 0 Å². The highest BCUT2D eigenvalue weighted by atomic mass is 16.5. The summed E-state index contributed by atoms with van der Waals surface area (Å²) in [5, 5.41) is 3.10. The molecule has 1 heterocycles. The van der Waals surface area contributed by atoms with Gasteiger partial charge in [-0.1, -0.05) is 0 Å². The molecule has 9 heavy (non-hydrogen) atoms. The Balaban J connectivity index is 2.19. The maximum absolute atomic E-state index is 10.3. The molecule has 1 rings (SSSR count). The second-order valence-electron chi connectivity index (χ2n) is 2.22. The maximum atomic E-state index is 10.3. The molecule has 1 unspecified atom stereocenters. The van der Waals surface area contributed by atoms with Crippen molar-refractivity contribution in [1.29, 1.82) is 0 Å². The molecule has 3 nitrogen and oxygen atoms in total. The Kier molecular flexibility index (Phi) is 2.05. The molecule has 52 valence electrons. The van der Waals surface area contributed by atoms with Crippen LogP contribution in [0.15, 0.2) is 0 Å². The fourth-order valence-electron chi connectivity index (χ4n) is 0.963. The van der Waals surface area contributed by atoms with E-state index in [-0.39, 0.29) is 12.1 Å². The summed E-state index contributed by atoms with van der Waals surface area (Å²) in [5.74, 6) is -0.177. The summed E-state index contributed by atoms with van der Waals surface area (Å²) >= 11 is 0. The molecule has 0 saturated carbocycles. The number of hydrogen-bond donors (Lipinski definition) is 1. The largest absolute Gasteiger partial charge is 0.461 e. The fourth-order valence-corrected chi connectivity index (χ4v) is 0.963.